The molecule has 0 saturated carbocycles. The standard InChI is InChI=1S/C9H20N2O5S/c1-3-4-5-8(9(12)13)11-17(14,15)10-6-7-16-2/h8,10-11H,3-7H2,1-2H3,(H,12,13)/t8-/m0/s1. The average Bonchev–Trinajstić information content (AvgIpc) is 2.24. The molecule has 3 N–H and O–H groups in total. The molecule has 0 fully saturated rings. The number of hydrogen-bond acceptors (Lipinski definition) is 4. The van der Waals surface area contributed by atoms with E-state index in [1.54, 1.807) is 0 Å². The van der Waals surface area contributed by atoms with Gasteiger partial charge in [0.15, 0.2) is 0 Å². The predicted molar refractivity (Wildman–Crippen MR) is 62.9 cm³/mol. The zero-order valence-electron chi connectivity index (χ0n) is 10.1. The highest BCUT2D eigenvalue weighted by atomic mass is 32.2. The van der Waals surface area contributed by atoms with Crippen molar-refractivity contribution in [3.05, 3.63) is 0 Å². The van der Waals surface area contributed by atoms with Gasteiger partial charge in [0.25, 0.3) is 10.2 Å². The van der Waals surface area contributed by atoms with Crippen LogP contribution in [0.25, 0.3) is 0 Å². The van der Waals surface area contributed by atoms with E-state index in [-0.39, 0.29) is 19.6 Å². The van der Waals surface area contributed by atoms with E-state index in [4.69, 9.17) is 5.11 Å². The molecule has 0 rings (SSSR count). The first-order chi connectivity index (χ1) is 7.93. The molecule has 17 heavy (non-hydrogen) atoms. The number of methoxy groups -OCH3 is 1. The molecule has 0 aromatic carbocycles. The predicted octanol–water partition coefficient (Wildman–Crippen LogP) is -0.300. The number of aliphatic carboxylic acids is 1. The van der Waals surface area contributed by atoms with Gasteiger partial charge in [-0.2, -0.15) is 17.9 Å². The van der Waals surface area contributed by atoms with Crippen molar-refractivity contribution in [3.8, 4) is 0 Å². The van der Waals surface area contributed by atoms with Gasteiger partial charge in [-0.05, 0) is 6.42 Å². The van der Waals surface area contributed by atoms with Crippen LogP contribution in [0.3, 0.4) is 0 Å². The number of hydrogen-bond donors (Lipinski definition) is 3. The van der Waals surface area contributed by atoms with Gasteiger partial charge >= 0.3 is 5.97 Å². The van der Waals surface area contributed by atoms with Gasteiger partial charge in [0.1, 0.15) is 6.04 Å². The van der Waals surface area contributed by atoms with Crippen LogP contribution in [0.2, 0.25) is 0 Å². The van der Waals surface area contributed by atoms with Crippen LogP contribution in [0.4, 0.5) is 0 Å². The van der Waals surface area contributed by atoms with Gasteiger partial charge in [0.2, 0.25) is 0 Å². The molecule has 0 aliphatic rings. The van der Waals surface area contributed by atoms with Gasteiger partial charge in [0, 0.05) is 13.7 Å². The zero-order valence-corrected chi connectivity index (χ0v) is 10.9. The fourth-order valence-electron chi connectivity index (χ4n) is 1.15. The normalized spacial score (nSPS) is 13.5. The maximum Gasteiger partial charge on any atom is 0.321 e. The number of nitrogens with one attached hydrogen (secondary N) is 2. The zero-order chi connectivity index (χ0) is 13.3. The number of carbonyl (C=O) groups is 1. The molecule has 0 bridgehead atoms. The first-order valence-electron chi connectivity index (χ1n) is 5.41. The molecule has 0 saturated heterocycles. The first kappa shape index (κ1) is 16.3. The van der Waals surface area contributed by atoms with Crippen LogP contribution in [0.5, 0.6) is 0 Å². The Kier molecular flexibility index (Phi) is 8.05. The minimum Gasteiger partial charge on any atom is -0.480 e. The highest BCUT2D eigenvalue weighted by Crippen LogP contribution is 2.01. The number of carboxylic acid groups (broad SMARTS) is 1. The van der Waals surface area contributed by atoms with E-state index >= 15 is 0 Å². The fraction of sp³-hybridized carbons (Fsp3) is 0.889. The van der Waals surface area contributed by atoms with E-state index in [1.165, 1.54) is 7.11 Å². The van der Waals surface area contributed by atoms with Crippen LogP contribution < -0.4 is 9.44 Å². The van der Waals surface area contributed by atoms with E-state index in [1.807, 2.05) is 6.92 Å². The molecule has 0 radical (unpaired) electrons. The number of carboxylic acids is 1. The van der Waals surface area contributed by atoms with E-state index in [9.17, 15) is 13.2 Å². The largest absolute Gasteiger partial charge is 0.480 e. The Balaban J connectivity index is 4.27. The van der Waals surface area contributed by atoms with Crippen molar-refractivity contribution >= 4 is 16.2 Å². The van der Waals surface area contributed by atoms with Crippen LogP contribution in [0.1, 0.15) is 26.2 Å². The van der Waals surface area contributed by atoms with E-state index in [0.717, 1.165) is 6.42 Å². The summed E-state index contributed by atoms with van der Waals surface area (Å²) in [4.78, 5) is 10.8. The third-order valence-electron chi connectivity index (χ3n) is 2.04. The van der Waals surface area contributed by atoms with Crippen LogP contribution >= 0.6 is 0 Å². The second-order valence-electron chi connectivity index (χ2n) is 3.54. The van der Waals surface area contributed by atoms with Gasteiger partial charge in [0.05, 0.1) is 6.61 Å². The number of rotatable bonds is 10. The van der Waals surface area contributed by atoms with Crippen LogP contribution in [0, 0.1) is 0 Å². The molecule has 0 spiro atoms. The topological polar surface area (TPSA) is 105 Å². The van der Waals surface area contributed by atoms with Crippen molar-refractivity contribution in [1.29, 1.82) is 0 Å². The third kappa shape index (κ3) is 8.08. The number of ether oxygens (including phenoxy) is 1. The third-order valence-corrected chi connectivity index (χ3v) is 3.22. The Hall–Kier alpha value is -0.700. The lowest BCUT2D eigenvalue weighted by Gasteiger charge is -2.14. The van der Waals surface area contributed by atoms with Crippen molar-refractivity contribution in [3.63, 3.8) is 0 Å². The minimum absolute atomic E-state index is 0.103. The summed E-state index contributed by atoms with van der Waals surface area (Å²) >= 11 is 0. The van der Waals surface area contributed by atoms with Gasteiger partial charge in [-0.1, -0.05) is 19.8 Å². The Bertz CT molecular complexity index is 317. The average molecular weight is 268 g/mol. The molecule has 0 unspecified atom stereocenters. The summed E-state index contributed by atoms with van der Waals surface area (Å²) in [5.74, 6) is -1.17. The quantitative estimate of drug-likeness (QED) is 0.472. The van der Waals surface area contributed by atoms with Crippen molar-refractivity contribution < 1.29 is 23.1 Å². The van der Waals surface area contributed by atoms with Crippen molar-refractivity contribution in [1.82, 2.24) is 9.44 Å². The molecule has 0 aromatic rings. The monoisotopic (exact) mass is 268 g/mol. The molecular weight excluding hydrogens is 248 g/mol. The molecule has 0 aromatic heterocycles. The fourth-order valence-corrected chi connectivity index (χ4v) is 2.18. The summed E-state index contributed by atoms with van der Waals surface area (Å²) < 4.78 is 31.9. The van der Waals surface area contributed by atoms with Gasteiger partial charge < -0.3 is 9.84 Å². The number of unbranched alkanes of at least 4 members (excludes halogenated alkanes) is 1. The van der Waals surface area contributed by atoms with E-state index < -0.39 is 22.2 Å². The van der Waals surface area contributed by atoms with Crippen LogP contribution in [-0.2, 0) is 19.7 Å². The van der Waals surface area contributed by atoms with Gasteiger partial charge in [-0.15, -0.1) is 0 Å². The van der Waals surface area contributed by atoms with Crippen molar-refractivity contribution in [2.45, 2.75) is 32.2 Å². The van der Waals surface area contributed by atoms with Gasteiger partial charge in [-0.3, -0.25) is 4.79 Å². The highest BCUT2D eigenvalue weighted by molar-refractivity contribution is 7.87. The highest BCUT2D eigenvalue weighted by Gasteiger charge is 2.22. The molecule has 0 amide bonds. The second kappa shape index (κ2) is 8.40. The summed E-state index contributed by atoms with van der Waals surface area (Å²) in [6, 6.07) is -1.09. The lowest BCUT2D eigenvalue weighted by Crippen LogP contribution is -2.47. The van der Waals surface area contributed by atoms with Crippen LogP contribution in [-0.4, -0.2) is 45.8 Å². The summed E-state index contributed by atoms with van der Waals surface area (Å²) in [6.45, 7) is 2.24. The summed E-state index contributed by atoms with van der Waals surface area (Å²) in [5, 5.41) is 8.86. The summed E-state index contributed by atoms with van der Waals surface area (Å²) in [6.07, 6.45) is 1.73. The Morgan fingerprint density at radius 2 is 2.12 bits per heavy atom. The Labute approximate surface area is 102 Å². The molecule has 0 heterocycles. The van der Waals surface area contributed by atoms with Crippen LogP contribution in [0.15, 0.2) is 0 Å². The van der Waals surface area contributed by atoms with Crippen molar-refractivity contribution in [2.75, 3.05) is 20.3 Å². The second-order valence-corrected chi connectivity index (χ2v) is 5.07. The summed E-state index contributed by atoms with van der Waals surface area (Å²) in [5.41, 5.74) is 0. The van der Waals surface area contributed by atoms with E-state index in [2.05, 4.69) is 14.2 Å². The molecule has 8 heteroatoms. The smallest absolute Gasteiger partial charge is 0.321 e. The molecular formula is C9H20N2O5S. The van der Waals surface area contributed by atoms with Crippen molar-refractivity contribution in [2.24, 2.45) is 0 Å². The lowest BCUT2D eigenvalue weighted by molar-refractivity contribution is -0.139. The molecule has 1 atom stereocenters. The van der Waals surface area contributed by atoms with E-state index in [0.29, 0.717) is 6.42 Å². The first-order valence-corrected chi connectivity index (χ1v) is 6.90. The molecule has 102 valence electrons. The molecule has 0 aliphatic carbocycles. The molecule has 7 nitrogen and oxygen atoms in total. The maximum atomic E-state index is 11.4. The SMILES string of the molecule is CCCC[C@H](NS(=O)(=O)NCCOC)C(=O)O. The maximum absolute atomic E-state index is 11.4. The lowest BCUT2D eigenvalue weighted by atomic mass is 10.1. The van der Waals surface area contributed by atoms with Gasteiger partial charge in [-0.25, -0.2) is 0 Å². The minimum atomic E-state index is -3.79. The molecule has 0 aliphatic heterocycles. The Morgan fingerprint density at radius 3 is 2.59 bits per heavy atom. The Morgan fingerprint density at radius 1 is 1.47 bits per heavy atom. The summed E-state index contributed by atoms with van der Waals surface area (Å²) in [7, 11) is -2.34.